The second kappa shape index (κ2) is 8.91. The first-order valence-corrected chi connectivity index (χ1v) is 13.5. The van der Waals surface area contributed by atoms with E-state index >= 15 is 0 Å². The molecule has 0 atom stereocenters. The lowest BCUT2D eigenvalue weighted by molar-refractivity contribution is 1.00. The Kier molecular flexibility index (Phi) is 5.34. The fourth-order valence-corrected chi connectivity index (χ4v) is 5.82. The van der Waals surface area contributed by atoms with Crippen molar-refractivity contribution in [2.45, 2.75) is 33.6 Å². The van der Waals surface area contributed by atoms with Crippen LogP contribution in [-0.2, 0) is 12.8 Å². The van der Waals surface area contributed by atoms with Gasteiger partial charge in [-0.05, 0) is 63.4 Å². The number of benzene rings is 5. The van der Waals surface area contributed by atoms with Crippen LogP contribution in [0.15, 0.2) is 78.3 Å². The Morgan fingerprint density at radius 3 is 2.21 bits per heavy atom. The molecule has 0 spiro atoms. The SMILES string of the molecule is C=CC=Nc1c(C)c2cc(-c3ccc4c(ccc5c4ccc4[nH]c(CC)nc45)c3)ccc2c2nc(CC)[nH]c12. The molecule has 7 aromatic rings. The number of aromatic nitrogens is 4. The van der Waals surface area contributed by atoms with Gasteiger partial charge in [-0.2, -0.15) is 0 Å². The maximum absolute atomic E-state index is 4.91. The lowest BCUT2D eigenvalue weighted by Crippen LogP contribution is -1.87. The summed E-state index contributed by atoms with van der Waals surface area (Å²) >= 11 is 0. The average Bonchev–Trinajstić information content (AvgIpc) is 3.61. The molecule has 2 heterocycles. The molecule has 0 amide bonds. The van der Waals surface area contributed by atoms with E-state index in [1.54, 1.807) is 12.3 Å². The van der Waals surface area contributed by atoms with E-state index in [0.29, 0.717) is 0 Å². The molecule has 7 rings (SSSR count). The van der Waals surface area contributed by atoms with Gasteiger partial charge in [0.2, 0.25) is 0 Å². The molecule has 0 aliphatic heterocycles. The smallest absolute Gasteiger partial charge is 0.107 e. The number of hydrogen-bond donors (Lipinski definition) is 2. The van der Waals surface area contributed by atoms with Gasteiger partial charge in [0.05, 0.1) is 27.8 Å². The fourth-order valence-electron chi connectivity index (χ4n) is 5.82. The number of rotatable bonds is 5. The minimum atomic E-state index is 0.842. The van der Waals surface area contributed by atoms with E-state index in [-0.39, 0.29) is 0 Å². The molecule has 0 radical (unpaired) electrons. The molecule has 5 heteroatoms. The van der Waals surface area contributed by atoms with Crippen LogP contribution in [0.2, 0.25) is 0 Å². The Bertz CT molecular complexity index is 2120. The van der Waals surface area contributed by atoms with Crippen LogP contribution in [0.25, 0.3) is 65.5 Å². The maximum atomic E-state index is 4.91. The van der Waals surface area contributed by atoms with Crippen LogP contribution in [0.5, 0.6) is 0 Å². The summed E-state index contributed by atoms with van der Waals surface area (Å²) in [7, 11) is 0. The molecule has 0 saturated heterocycles. The number of aliphatic imine (C=N–C) groups is 1. The van der Waals surface area contributed by atoms with E-state index in [4.69, 9.17) is 15.0 Å². The lowest BCUT2D eigenvalue weighted by atomic mass is 9.94. The topological polar surface area (TPSA) is 69.7 Å². The van der Waals surface area contributed by atoms with Crippen LogP contribution >= 0.6 is 0 Å². The third-order valence-corrected chi connectivity index (χ3v) is 7.85. The first-order valence-electron chi connectivity index (χ1n) is 13.5. The number of H-pyrrole nitrogens is 2. The second-order valence-corrected chi connectivity index (χ2v) is 10.1. The zero-order chi connectivity index (χ0) is 26.7. The average molecular weight is 508 g/mol. The molecule has 5 nitrogen and oxygen atoms in total. The Morgan fingerprint density at radius 1 is 0.744 bits per heavy atom. The zero-order valence-corrected chi connectivity index (χ0v) is 22.4. The summed E-state index contributed by atoms with van der Waals surface area (Å²) in [5.74, 6) is 1.99. The van der Waals surface area contributed by atoms with Crippen LogP contribution in [-0.4, -0.2) is 26.2 Å². The standard InChI is InChI=1S/C34H29N5/c1-5-16-35-31-19(4)27-18-21(9-12-26(27)33-34(31)39-30(7-3)38-33)20-8-11-23-22(17-20)10-13-25-24(23)14-15-28-32(25)37-29(6-2)36-28/h5,8-18H,1,6-7H2,2-4H3,(H,36,37)(H,38,39). The summed E-state index contributed by atoms with van der Waals surface area (Å²) in [4.78, 5) is 21.4. The molecule has 2 aromatic heterocycles. The molecule has 190 valence electrons. The van der Waals surface area contributed by atoms with Crippen LogP contribution < -0.4 is 0 Å². The van der Waals surface area contributed by atoms with Gasteiger partial charge in [0, 0.05) is 29.8 Å². The van der Waals surface area contributed by atoms with Gasteiger partial charge in [0.1, 0.15) is 11.6 Å². The van der Waals surface area contributed by atoms with Crippen molar-refractivity contribution < 1.29 is 0 Å². The van der Waals surface area contributed by atoms with Crippen LogP contribution in [0.1, 0.15) is 31.1 Å². The van der Waals surface area contributed by atoms with Gasteiger partial charge in [-0.15, -0.1) is 0 Å². The molecule has 0 aliphatic carbocycles. The molecule has 0 aliphatic rings. The lowest BCUT2D eigenvalue weighted by Gasteiger charge is -2.11. The quantitative estimate of drug-likeness (QED) is 0.180. The monoisotopic (exact) mass is 507 g/mol. The Morgan fingerprint density at radius 2 is 1.41 bits per heavy atom. The molecule has 2 N–H and O–H groups in total. The van der Waals surface area contributed by atoms with Crippen molar-refractivity contribution in [3.8, 4) is 11.1 Å². The predicted molar refractivity (Wildman–Crippen MR) is 166 cm³/mol. The summed E-state index contributed by atoms with van der Waals surface area (Å²) in [5, 5.41) is 7.17. The Balaban J connectivity index is 1.41. The number of aryl methyl sites for hydroxylation is 3. The maximum Gasteiger partial charge on any atom is 0.107 e. The minimum absolute atomic E-state index is 0.842. The summed E-state index contributed by atoms with van der Waals surface area (Å²) in [6.07, 6.45) is 5.19. The van der Waals surface area contributed by atoms with E-state index in [9.17, 15) is 0 Å². The molecule has 0 bridgehead atoms. The van der Waals surface area contributed by atoms with Gasteiger partial charge in [-0.25, -0.2) is 9.97 Å². The molecular weight excluding hydrogens is 478 g/mol. The van der Waals surface area contributed by atoms with E-state index in [1.807, 2.05) is 0 Å². The van der Waals surface area contributed by atoms with Crippen molar-refractivity contribution in [1.82, 2.24) is 19.9 Å². The molecule has 0 unspecified atom stereocenters. The number of nitrogens with zero attached hydrogens (tertiary/aromatic N) is 3. The van der Waals surface area contributed by atoms with Crippen molar-refractivity contribution in [3.05, 3.63) is 90.5 Å². The molecule has 0 fully saturated rings. The minimum Gasteiger partial charge on any atom is -0.342 e. The second-order valence-electron chi connectivity index (χ2n) is 10.1. The van der Waals surface area contributed by atoms with Crippen molar-refractivity contribution in [3.63, 3.8) is 0 Å². The molecule has 5 aromatic carbocycles. The van der Waals surface area contributed by atoms with Gasteiger partial charge in [-0.3, -0.25) is 4.99 Å². The fraction of sp³-hybridized carbons (Fsp3) is 0.147. The summed E-state index contributed by atoms with van der Waals surface area (Å²) < 4.78 is 0. The van der Waals surface area contributed by atoms with E-state index in [2.05, 4.69) is 98.0 Å². The Hall–Kier alpha value is -4.77. The van der Waals surface area contributed by atoms with Gasteiger partial charge in [0.15, 0.2) is 0 Å². The largest absolute Gasteiger partial charge is 0.342 e. The predicted octanol–water partition coefficient (Wildman–Crippen LogP) is 8.89. The van der Waals surface area contributed by atoms with E-state index in [0.717, 1.165) is 68.6 Å². The molecular formula is C34H29N5. The highest BCUT2D eigenvalue weighted by Gasteiger charge is 2.16. The highest BCUT2D eigenvalue weighted by molar-refractivity contribution is 6.16. The normalized spacial score (nSPS) is 12.2. The number of aromatic amines is 2. The Labute approximate surface area is 226 Å². The molecule has 0 saturated carbocycles. The van der Waals surface area contributed by atoms with Crippen molar-refractivity contribution in [2.24, 2.45) is 4.99 Å². The van der Waals surface area contributed by atoms with E-state index in [1.165, 1.54) is 32.7 Å². The van der Waals surface area contributed by atoms with Crippen molar-refractivity contribution in [1.29, 1.82) is 0 Å². The number of imidazole rings is 2. The van der Waals surface area contributed by atoms with Gasteiger partial charge >= 0.3 is 0 Å². The van der Waals surface area contributed by atoms with E-state index < -0.39 is 0 Å². The number of hydrogen-bond acceptors (Lipinski definition) is 3. The third-order valence-electron chi connectivity index (χ3n) is 7.85. The number of fused-ring (bicyclic) bond motifs is 8. The van der Waals surface area contributed by atoms with Gasteiger partial charge < -0.3 is 9.97 Å². The summed E-state index contributed by atoms with van der Waals surface area (Å²) in [5.41, 5.74) is 8.50. The molecule has 39 heavy (non-hydrogen) atoms. The van der Waals surface area contributed by atoms with Crippen LogP contribution in [0, 0.1) is 6.92 Å². The summed E-state index contributed by atoms with van der Waals surface area (Å²) in [6, 6.07) is 22.2. The van der Waals surface area contributed by atoms with Crippen LogP contribution in [0.3, 0.4) is 0 Å². The van der Waals surface area contributed by atoms with Gasteiger partial charge in [-0.1, -0.05) is 69.0 Å². The first kappa shape index (κ1) is 23.4. The van der Waals surface area contributed by atoms with Gasteiger partial charge in [0.25, 0.3) is 0 Å². The first-order chi connectivity index (χ1) is 19.1. The highest BCUT2D eigenvalue weighted by atomic mass is 14.9. The number of nitrogens with one attached hydrogen (secondary N) is 2. The summed E-state index contributed by atoms with van der Waals surface area (Å²) in [6.45, 7) is 10.2. The third kappa shape index (κ3) is 3.57. The van der Waals surface area contributed by atoms with Crippen molar-refractivity contribution >= 4 is 66.3 Å². The highest BCUT2D eigenvalue weighted by Crippen LogP contribution is 2.39. The van der Waals surface area contributed by atoms with Crippen LogP contribution in [0.4, 0.5) is 5.69 Å². The zero-order valence-electron chi connectivity index (χ0n) is 22.4. The van der Waals surface area contributed by atoms with Crippen molar-refractivity contribution in [2.75, 3.05) is 0 Å². The number of allylic oxidation sites excluding steroid dienone is 1.